The van der Waals surface area contributed by atoms with Crippen molar-refractivity contribution in [3.05, 3.63) is 35.9 Å². The fraction of sp³-hybridized carbons (Fsp3) is 0.727. The van der Waals surface area contributed by atoms with E-state index in [0.717, 1.165) is 17.9 Å². The zero-order valence-electron chi connectivity index (χ0n) is 15.3. The molecule has 3 aliphatic rings. The van der Waals surface area contributed by atoms with E-state index in [2.05, 4.69) is 30.3 Å². The number of benzene rings is 1. The van der Waals surface area contributed by atoms with Crippen LogP contribution >= 0.6 is 0 Å². The summed E-state index contributed by atoms with van der Waals surface area (Å²) in [6, 6.07) is 12.1. The smallest absolute Gasteiger partial charge is 0.0957 e. The number of quaternary nitrogens is 2. The van der Waals surface area contributed by atoms with Crippen LogP contribution in [-0.4, -0.2) is 38.8 Å². The number of nitrogens with one attached hydrogen (secondary N) is 2. The molecule has 0 amide bonds. The van der Waals surface area contributed by atoms with E-state index in [-0.39, 0.29) is 0 Å². The molecular weight excluding hydrogens is 292 g/mol. The monoisotopic (exact) mass is 328 g/mol. The van der Waals surface area contributed by atoms with Crippen LogP contribution in [-0.2, 0) is 6.42 Å². The van der Waals surface area contributed by atoms with Crippen LogP contribution in [0.4, 0.5) is 0 Å². The molecule has 4 rings (SSSR count). The maximum absolute atomic E-state index is 2.31. The maximum Gasteiger partial charge on any atom is 0.0957 e. The van der Waals surface area contributed by atoms with Crippen molar-refractivity contribution in [3.63, 3.8) is 0 Å². The van der Waals surface area contributed by atoms with Crippen molar-refractivity contribution in [1.29, 1.82) is 0 Å². The average Bonchev–Trinajstić information content (AvgIpc) is 2.65. The lowest BCUT2D eigenvalue weighted by atomic mass is 9.82. The van der Waals surface area contributed by atoms with Gasteiger partial charge < -0.3 is 9.80 Å². The Balaban J connectivity index is 1.25. The lowest BCUT2D eigenvalue weighted by Crippen LogP contribution is -3.20. The molecule has 3 saturated heterocycles. The highest BCUT2D eigenvalue weighted by atomic mass is 15.2. The third kappa shape index (κ3) is 4.03. The van der Waals surface area contributed by atoms with Gasteiger partial charge in [-0.25, -0.2) is 0 Å². The van der Waals surface area contributed by atoms with Crippen molar-refractivity contribution in [3.8, 4) is 0 Å². The predicted octanol–water partition coefficient (Wildman–Crippen LogP) is 1.37. The molecule has 2 N–H and O–H groups in total. The Hall–Kier alpha value is -0.860. The Morgan fingerprint density at radius 2 is 1.58 bits per heavy atom. The van der Waals surface area contributed by atoms with Crippen LogP contribution in [0.15, 0.2) is 30.3 Å². The fourth-order valence-electron chi connectivity index (χ4n) is 5.83. The minimum atomic E-state index is 0.930. The lowest BCUT2D eigenvalue weighted by Gasteiger charge is -2.42. The van der Waals surface area contributed by atoms with Gasteiger partial charge in [0.05, 0.1) is 44.7 Å². The third-order valence-corrected chi connectivity index (χ3v) is 7.16. The molecule has 3 aliphatic heterocycles. The fourth-order valence-corrected chi connectivity index (χ4v) is 5.83. The standard InChI is InChI=1S/C22H34N2/c1-2-7-19(8-3-1)17-20-11-15-23(16-12-20)18-21-9-6-14-24-13-5-4-10-22(21)24/h1-3,7-8,20-22H,4-6,9-18H2/p+2/t21-,22-/m1/s1. The highest BCUT2D eigenvalue weighted by Gasteiger charge is 2.39. The van der Waals surface area contributed by atoms with Crippen LogP contribution in [0.3, 0.4) is 0 Å². The molecule has 0 saturated carbocycles. The van der Waals surface area contributed by atoms with E-state index in [1.54, 1.807) is 5.56 Å². The Labute approximate surface area is 148 Å². The van der Waals surface area contributed by atoms with Gasteiger partial charge in [-0.15, -0.1) is 0 Å². The van der Waals surface area contributed by atoms with Crippen LogP contribution in [0.5, 0.6) is 0 Å². The minimum absolute atomic E-state index is 0.930. The highest BCUT2D eigenvalue weighted by molar-refractivity contribution is 5.15. The Kier molecular flexibility index (Phi) is 5.54. The second-order valence-corrected chi connectivity index (χ2v) is 8.75. The van der Waals surface area contributed by atoms with Crippen molar-refractivity contribution in [2.24, 2.45) is 11.8 Å². The highest BCUT2D eigenvalue weighted by Crippen LogP contribution is 2.20. The summed E-state index contributed by atoms with van der Waals surface area (Å²) in [4.78, 5) is 3.90. The van der Waals surface area contributed by atoms with Crippen molar-refractivity contribution in [2.75, 3.05) is 32.7 Å². The third-order valence-electron chi connectivity index (χ3n) is 7.16. The van der Waals surface area contributed by atoms with E-state index in [1.807, 2.05) is 9.80 Å². The van der Waals surface area contributed by atoms with Gasteiger partial charge >= 0.3 is 0 Å². The van der Waals surface area contributed by atoms with Gasteiger partial charge in [-0.2, -0.15) is 0 Å². The molecule has 1 unspecified atom stereocenters. The molecule has 2 nitrogen and oxygen atoms in total. The molecule has 0 aliphatic carbocycles. The topological polar surface area (TPSA) is 8.88 Å². The first-order valence-electron chi connectivity index (χ1n) is 10.6. The van der Waals surface area contributed by atoms with Crippen molar-refractivity contribution < 1.29 is 9.80 Å². The zero-order chi connectivity index (χ0) is 16.2. The van der Waals surface area contributed by atoms with Gasteiger partial charge in [-0.3, -0.25) is 0 Å². The quantitative estimate of drug-likeness (QED) is 0.826. The summed E-state index contributed by atoms with van der Waals surface area (Å²) in [6.45, 7) is 7.27. The molecule has 3 atom stereocenters. The van der Waals surface area contributed by atoms with Crippen molar-refractivity contribution in [2.45, 2.75) is 57.4 Å². The first-order valence-corrected chi connectivity index (χ1v) is 10.6. The SMILES string of the molecule is c1ccc(CC2CC[NH+](C[C@H]3CCC[NH+]4CCCC[C@H]34)CC2)cc1. The van der Waals surface area contributed by atoms with Crippen molar-refractivity contribution >= 4 is 0 Å². The second kappa shape index (κ2) is 8.01. The number of likely N-dealkylation sites (tertiary alicyclic amines) is 1. The van der Waals surface area contributed by atoms with Crippen LogP contribution < -0.4 is 9.80 Å². The summed E-state index contributed by atoms with van der Waals surface area (Å²) in [6.07, 6.45) is 11.7. The van der Waals surface area contributed by atoms with E-state index >= 15 is 0 Å². The molecule has 132 valence electrons. The lowest BCUT2D eigenvalue weighted by molar-refractivity contribution is -0.954. The van der Waals surface area contributed by atoms with E-state index in [4.69, 9.17) is 0 Å². The van der Waals surface area contributed by atoms with Crippen LogP contribution in [0.2, 0.25) is 0 Å². The van der Waals surface area contributed by atoms with E-state index in [9.17, 15) is 0 Å². The summed E-state index contributed by atoms with van der Waals surface area (Å²) < 4.78 is 0. The summed E-state index contributed by atoms with van der Waals surface area (Å²) in [5.74, 6) is 1.95. The predicted molar refractivity (Wildman–Crippen MR) is 99.5 cm³/mol. The van der Waals surface area contributed by atoms with Gasteiger partial charge in [0.1, 0.15) is 0 Å². The molecule has 0 aromatic heterocycles. The minimum Gasteiger partial charge on any atom is -0.334 e. The summed E-state index contributed by atoms with van der Waals surface area (Å²) >= 11 is 0. The van der Waals surface area contributed by atoms with Gasteiger partial charge in [0.2, 0.25) is 0 Å². The summed E-state index contributed by atoms with van der Waals surface area (Å²) in [5.41, 5.74) is 1.54. The van der Waals surface area contributed by atoms with E-state index in [0.29, 0.717) is 0 Å². The zero-order valence-corrected chi connectivity index (χ0v) is 15.3. The van der Waals surface area contributed by atoms with Gasteiger partial charge in [0, 0.05) is 6.42 Å². The Morgan fingerprint density at radius 1 is 0.792 bits per heavy atom. The molecule has 2 heteroatoms. The number of hydrogen-bond donors (Lipinski definition) is 2. The molecule has 3 fully saturated rings. The maximum atomic E-state index is 2.31. The van der Waals surface area contributed by atoms with Gasteiger partial charge in [-0.05, 0) is 56.4 Å². The Bertz CT molecular complexity index is 490. The number of piperidine rings is 3. The number of fused-ring (bicyclic) bond motifs is 1. The van der Waals surface area contributed by atoms with Crippen LogP contribution in [0.1, 0.15) is 50.5 Å². The largest absolute Gasteiger partial charge is 0.334 e. The van der Waals surface area contributed by atoms with E-state index < -0.39 is 0 Å². The molecule has 0 spiro atoms. The number of hydrogen-bond acceptors (Lipinski definition) is 0. The van der Waals surface area contributed by atoms with Gasteiger partial charge in [0.25, 0.3) is 0 Å². The normalized spacial score (nSPS) is 36.9. The van der Waals surface area contributed by atoms with Crippen LogP contribution in [0.25, 0.3) is 0 Å². The van der Waals surface area contributed by atoms with Gasteiger partial charge in [0.15, 0.2) is 0 Å². The average molecular weight is 329 g/mol. The molecular formula is C22H36N2+2. The molecule has 1 aromatic rings. The van der Waals surface area contributed by atoms with Crippen LogP contribution in [0, 0.1) is 11.8 Å². The second-order valence-electron chi connectivity index (χ2n) is 8.75. The number of rotatable bonds is 4. The molecule has 3 heterocycles. The summed E-state index contributed by atoms with van der Waals surface area (Å²) in [5, 5.41) is 0. The summed E-state index contributed by atoms with van der Waals surface area (Å²) in [7, 11) is 0. The molecule has 1 aromatic carbocycles. The molecule has 24 heavy (non-hydrogen) atoms. The van der Waals surface area contributed by atoms with Gasteiger partial charge in [-0.1, -0.05) is 30.3 Å². The Morgan fingerprint density at radius 3 is 2.42 bits per heavy atom. The molecule has 0 bridgehead atoms. The van der Waals surface area contributed by atoms with E-state index in [1.165, 1.54) is 84.1 Å². The first-order chi connectivity index (χ1) is 11.9. The van der Waals surface area contributed by atoms with Crippen molar-refractivity contribution in [1.82, 2.24) is 0 Å². The first kappa shape index (κ1) is 16.6. The molecule has 0 radical (unpaired) electrons.